The number of nitrogens with one attached hydrogen (secondary N) is 1. The number of hydrogen-bond donors (Lipinski definition) is 1. The van der Waals surface area contributed by atoms with Gasteiger partial charge in [-0.05, 0) is 32.0 Å². The Hall–Kier alpha value is -2.14. The van der Waals surface area contributed by atoms with E-state index < -0.39 is 0 Å². The number of benzene rings is 1. The Morgan fingerprint density at radius 1 is 1.20 bits per heavy atom. The molecule has 0 aliphatic carbocycles. The number of nitrogens with zero attached hydrogens (tertiary/aromatic N) is 3. The van der Waals surface area contributed by atoms with E-state index in [0.29, 0.717) is 5.52 Å². The van der Waals surface area contributed by atoms with Crippen LogP contribution in [0.5, 0.6) is 0 Å². The van der Waals surface area contributed by atoms with Gasteiger partial charge in [-0.3, -0.25) is 9.69 Å². The van der Waals surface area contributed by atoms with Crippen LogP contribution in [0, 0.1) is 0 Å². The Kier molecular flexibility index (Phi) is 2.60. The molecule has 0 atom stereocenters. The molecule has 4 rings (SSSR count). The zero-order chi connectivity index (χ0) is 13.5. The Labute approximate surface area is 115 Å². The summed E-state index contributed by atoms with van der Waals surface area (Å²) < 4.78 is 1.76. The average molecular weight is 268 g/mol. The van der Waals surface area contributed by atoms with Gasteiger partial charge in [-0.1, -0.05) is 18.2 Å². The molecule has 3 aromatic rings. The van der Waals surface area contributed by atoms with Crippen molar-refractivity contribution >= 4 is 16.4 Å². The maximum Gasteiger partial charge on any atom is 0.275 e. The van der Waals surface area contributed by atoms with Crippen LogP contribution in [-0.4, -0.2) is 32.6 Å². The van der Waals surface area contributed by atoms with Crippen molar-refractivity contribution in [3.05, 3.63) is 46.5 Å². The van der Waals surface area contributed by atoms with E-state index >= 15 is 0 Å². The van der Waals surface area contributed by atoms with Gasteiger partial charge < -0.3 is 4.98 Å². The quantitative estimate of drug-likeness (QED) is 0.770. The van der Waals surface area contributed by atoms with Gasteiger partial charge in [0, 0.05) is 17.5 Å². The van der Waals surface area contributed by atoms with Crippen molar-refractivity contribution in [3.8, 4) is 0 Å². The Morgan fingerprint density at radius 2 is 2.00 bits per heavy atom. The third kappa shape index (κ3) is 1.67. The number of H-pyrrole nitrogens is 1. The van der Waals surface area contributed by atoms with E-state index in [0.717, 1.165) is 36.1 Å². The van der Waals surface area contributed by atoms with Crippen molar-refractivity contribution < 1.29 is 0 Å². The summed E-state index contributed by atoms with van der Waals surface area (Å²) in [6.45, 7) is 3.06. The molecule has 102 valence electrons. The first-order valence-corrected chi connectivity index (χ1v) is 7.03. The molecule has 0 bridgehead atoms. The molecule has 2 aromatic heterocycles. The third-order valence-corrected chi connectivity index (χ3v) is 4.12. The fourth-order valence-electron chi connectivity index (χ4n) is 3.18. The minimum Gasteiger partial charge on any atom is -0.310 e. The largest absolute Gasteiger partial charge is 0.310 e. The predicted octanol–water partition coefficient (Wildman–Crippen LogP) is 1.77. The fraction of sp³-hybridized carbons (Fsp3) is 0.333. The molecular formula is C15H16N4O. The third-order valence-electron chi connectivity index (χ3n) is 4.12. The molecule has 1 saturated heterocycles. The highest BCUT2D eigenvalue weighted by molar-refractivity contribution is 5.91. The lowest BCUT2D eigenvalue weighted by molar-refractivity contribution is 0.333. The van der Waals surface area contributed by atoms with Gasteiger partial charge in [0.25, 0.3) is 5.56 Å². The maximum atomic E-state index is 12.2. The number of para-hydroxylation sites is 1. The highest BCUT2D eigenvalue weighted by Crippen LogP contribution is 2.26. The minimum atomic E-state index is -0.0644. The monoisotopic (exact) mass is 268 g/mol. The summed E-state index contributed by atoms with van der Waals surface area (Å²) in [4.78, 5) is 17.3. The number of rotatable bonds is 2. The first-order valence-electron chi connectivity index (χ1n) is 7.03. The van der Waals surface area contributed by atoms with E-state index in [1.54, 1.807) is 4.52 Å². The van der Waals surface area contributed by atoms with Gasteiger partial charge in [0.2, 0.25) is 0 Å². The van der Waals surface area contributed by atoms with Crippen molar-refractivity contribution in [1.82, 2.24) is 19.5 Å². The summed E-state index contributed by atoms with van der Waals surface area (Å²) >= 11 is 0. The number of aromatic amines is 1. The van der Waals surface area contributed by atoms with E-state index in [1.165, 1.54) is 19.2 Å². The van der Waals surface area contributed by atoms with E-state index in [1.807, 2.05) is 18.2 Å². The molecule has 20 heavy (non-hydrogen) atoms. The lowest BCUT2D eigenvalue weighted by Crippen LogP contribution is -2.20. The first-order chi connectivity index (χ1) is 9.84. The molecule has 1 aromatic carbocycles. The predicted molar refractivity (Wildman–Crippen MR) is 77.8 cm³/mol. The fourth-order valence-corrected chi connectivity index (χ4v) is 3.18. The summed E-state index contributed by atoms with van der Waals surface area (Å²) in [5.41, 5.74) is 2.71. The summed E-state index contributed by atoms with van der Waals surface area (Å²) in [5, 5.41) is 5.44. The standard InChI is InChI=1S/C15H16N4O/c20-15-14-12(9-18-7-3-4-8-18)11-5-1-2-6-13(11)19(14)17-10-16-15/h1-2,5-6,10H,3-4,7-9H2,(H,16,17,20). The molecule has 1 fully saturated rings. The zero-order valence-corrected chi connectivity index (χ0v) is 11.2. The van der Waals surface area contributed by atoms with Crippen molar-refractivity contribution in [1.29, 1.82) is 0 Å². The number of fused-ring (bicyclic) bond motifs is 3. The Balaban J connectivity index is 2.01. The summed E-state index contributed by atoms with van der Waals surface area (Å²) in [6.07, 6.45) is 3.96. The van der Waals surface area contributed by atoms with Crippen LogP contribution >= 0.6 is 0 Å². The van der Waals surface area contributed by atoms with Crippen molar-refractivity contribution in [3.63, 3.8) is 0 Å². The number of hydrogen-bond acceptors (Lipinski definition) is 3. The second kappa shape index (κ2) is 4.45. The molecule has 1 aliphatic rings. The average Bonchev–Trinajstić information content (AvgIpc) is 3.08. The Morgan fingerprint density at radius 3 is 2.85 bits per heavy atom. The van der Waals surface area contributed by atoms with Gasteiger partial charge in [0.05, 0.1) is 5.52 Å². The van der Waals surface area contributed by atoms with Crippen molar-refractivity contribution in [2.45, 2.75) is 19.4 Å². The molecule has 0 spiro atoms. The molecule has 0 saturated carbocycles. The SMILES string of the molecule is O=c1[nH]cnn2c1c(CN1CCCC1)c1ccccc12. The number of aromatic nitrogens is 3. The van der Waals surface area contributed by atoms with E-state index in [9.17, 15) is 4.79 Å². The van der Waals surface area contributed by atoms with E-state index in [-0.39, 0.29) is 5.56 Å². The van der Waals surface area contributed by atoms with E-state index in [4.69, 9.17) is 0 Å². The maximum absolute atomic E-state index is 12.2. The second-order valence-corrected chi connectivity index (χ2v) is 5.36. The topological polar surface area (TPSA) is 53.4 Å². The van der Waals surface area contributed by atoms with Gasteiger partial charge >= 0.3 is 0 Å². The van der Waals surface area contributed by atoms with Crippen LogP contribution in [0.15, 0.2) is 35.4 Å². The van der Waals surface area contributed by atoms with Crippen LogP contribution in [-0.2, 0) is 6.54 Å². The minimum absolute atomic E-state index is 0.0644. The van der Waals surface area contributed by atoms with Gasteiger partial charge in [-0.2, -0.15) is 5.10 Å². The van der Waals surface area contributed by atoms with Crippen molar-refractivity contribution in [2.24, 2.45) is 0 Å². The van der Waals surface area contributed by atoms with E-state index in [2.05, 4.69) is 21.0 Å². The molecule has 3 heterocycles. The van der Waals surface area contributed by atoms with Gasteiger partial charge in [-0.25, -0.2) is 4.52 Å². The van der Waals surface area contributed by atoms with Crippen LogP contribution in [0.4, 0.5) is 0 Å². The highest BCUT2D eigenvalue weighted by atomic mass is 16.1. The molecule has 1 N–H and O–H groups in total. The smallest absolute Gasteiger partial charge is 0.275 e. The van der Waals surface area contributed by atoms with Gasteiger partial charge in [-0.15, -0.1) is 0 Å². The first kappa shape index (κ1) is 11.7. The summed E-state index contributed by atoms with van der Waals surface area (Å²) in [7, 11) is 0. The molecular weight excluding hydrogens is 252 g/mol. The van der Waals surface area contributed by atoms with Crippen LogP contribution < -0.4 is 5.56 Å². The molecule has 0 amide bonds. The molecule has 1 aliphatic heterocycles. The number of likely N-dealkylation sites (tertiary alicyclic amines) is 1. The Bertz CT molecular complexity index is 827. The molecule has 5 nitrogen and oxygen atoms in total. The highest BCUT2D eigenvalue weighted by Gasteiger charge is 2.19. The summed E-state index contributed by atoms with van der Waals surface area (Å²) in [6, 6.07) is 8.10. The molecule has 0 radical (unpaired) electrons. The lowest BCUT2D eigenvalue weighted by atomic mass is 10.1. The van der Waals surface area contributed by atoms with Crippen LogP contribution in [0.25, 0.3) is 16.4 Å². The van der Waals surface area contributed by atoms with Crippen LogP contribution in [0.2, 0.25) is 0 Å². The normalized spacial score (nSPS) is 16.4. The van der Waals surface area contributed by atoms with Gasteiger partial charge in [0.1, 0.15) is 11.8 Å². The van der Waals surface area contributed by atoms with Crippen molar-refractivity contribution in [2.75, 3.05) is 13.1 Å². The molecule has 5 heteroatoms. The zero-order valence-electron chi connectivity index (χ0n) is 11.2. The van der Waals surface area contributed by atoms with Crippen LogP contribution in [0.1, 0.15) is 18.4 Å². The second-order valence-electron chi connectivity index (χ2n) is 5.36. The lowest BCUT2D eigenvalue weighted by Gasteiger charge is -2.13. The summed E-state index contributed by atoms with van der Waals surface area (Å²) in [5.74, 6) is 0. The van der Waals surface area contributed by atoms with Gasteiger partial charge in [0.15, 0.2) is 0 Å². The molecule has 0 unspecified atom stereocenters. The van der Waals surface area contributed by atoms with Crippen LogP contribution in [0.3, 0.4) is 0 Å².